The van der Waals surface area contributed by atoms with Crippen molar-refractivity contribution in [3.05, 3.63) is 34.0 Å². The summed E-state index contributed by atoms with van der Waals surface area (Å²) in [6.07, 6.45) is 1.57. The topological polar surface area (TPSA) is 33.1 Å². The molecule has 0 amide bonds. The molecule has 66 valence electrons. The van der Waals surface area contributed by atoms with Crippen LogP contribution in [0.2, 0.25) is 5.15 Å². The second-order valence-electron chi connectivity index (χ2n) is 2.59. The van der Waals surface area contributed by atoms with Gasteiger partial charge in [0.1, 0.15) is 10.9 Å². The van der Waals surface area contributed by atoms with Crippen molar-refractivity contribution in [2.75, 3.05) is 0 Å². The lowest BCUT2D eigenvalue weighted by Crippen LogP contribution is -1.80. The molecule has 0 atom stereocenters. The second-order valence-corrected chi connectivity index (χ2v) is 3.80. The largest absolute Gasteiger partial charge is 0.507 e. The van der Waals surface area contributed by atoms with Gasteiger partial charge in [-0.1, -0.05) is 27.5 Å². The minimum atomic E-state index is 0.211. The molecule has 0 aliphatic heterocycles. The zero-order valence-corrected chi connectivity index (χ0v) is 8.80. The van der Waals surface area contributed by atoms with Crippen molar-refractivity contribution in [2.24, 2.45) is 0 Å². The molecule has 2 aromatic rings. The van der Waals surface area contributed by atoms with Gasteiger partial charge in [-0.15, -0.1) is 0 Å². The van der Waals surface area contributed by atoms with E-state index in [1.807, 2.05) is 0 Å². The number of fused-ring (bicyclic) bond motifs is 1. The van der Waals surface area contributed by atoms with Crippen LogP contribution in [0.1, 0.15) is 0 Å². The van der Waals surface area contributed by atoms with Crippen LogP contribution in [-0.2, 0) is 0 Å². The Morgan fingerprint density at radius 1 is 1.31 bits per heavy atom. The Labute approximate surface area is 88.3 Å². The number of rotatable bonds is 0. The van der Waals surface area contributed by atoms with E-state index in [1.165, 1.54) is 0 Å². The lowest BCUT2D eigenvalue weighted by Gasteiger charge is -2.03. The third-order valence-corrected chi connectivity index (χ3v) is 2.75. The molecule has 0 aliphatic carbocycles. The minimum absolute atomic E-state index is 0.211. The molecule has 0 fully saturated rings. The maximum absolute atomic E-state index is 9.51. The van der Waals surface area contributed by atoms with Gasteiger partial charge < -0.3 is 5.11 Å². The zero-order chi connectivity index (χ0) is 9.42. The van der Waals surface area contributed by atoms with Gasteiger partial charge in [0.15, 0.2) is 0 Å². The van der Waals surface area contributed by atoms with Crippen LogP contribution in [0.25, 0.3) is 10.8 Å². The van der Waals surface area contributed by atoms with Gasteiger partial charge in [-0.25, -0.2) is 4.98 Å². The van der Waals surface area contributed by atoms with Gasteiger partial charge in [0.05, 0.1) is 0 Å². The Kier molecular flexibility index (Phi) is 2.14. The summed E-state index contributed by atoms with van der Waals surface area (Å²) in [6.45, 7) is 0. The van der Waals surface area contributed by atoms with Crippen LogP contribution < -0.4 is 0 Å². The summed E-state index contributed by atoms with van der Waals surface area (Å²) in [4.78, 5) is 3.93. The molecule has 1 aromatic carbocycles. The first-order valence-electron chi connectivity index (χ1n) is 3.62. The number of halogens is 2. The number of phenolic OH excluding ortho intramolecular Hbond substituents is 1. The highest BCUT2D eigenvalue weighted by Crippen LogP contribution is 2.34. The number of hydrogen-bond donors (Lipinski definition) is 1. The predicted molar refractivity (Wildman–Crippen MR) is 56.1 cm³/mol. The van der Waals surface area contributed by atoms with E-state index in [0.717, 1.165) is 9.86 Å². The van der Waals surface area contributed by atoms with Gasteiger partial charge in [-0.2, -0.15) is 0 Å². The number of nitrogens with zero attached hydrogens (tertiary/aromatic N) is 1. The van der Waals surface area contributed by atoms with Gasteiger partial charge in [0.2, 0.25) is 0 Å². The molecule has 2 rings (SSSR count). The lowest BCUT2D eigenvalue weighted by molar-refractivity contribution is 0.481. The summed E-state index contributed by atoms with van der Waals surface area (Å²) >= 11 is 9.23. The molecule has 0 bridgehead atoms. The molecule has 0 unspecified atom stereocenters. The first-order chi connectivity index (χ1) is 6.20. The molecule has 13 heavy (non-hydrogen) atoms. The van der Waals surface area contributed by atoms with Crippen molar-refractivity contribution < 1.29 is 5.11 Å². The molecule has 2 nitrogen and oxygen atoms in total. The quantitative estimate of drug-likeness (QED) is 0.735. The van der Waals surface area contributed by atoms with E-state index in [-0.39, 0.29) is 5.75 Å². The van der Waals surface area contributed by atoms with E-state index in [0.29, 0.717) is 10.5 Å². The average molecular weight is 259 g/mol. The SMILES string of the molecule is Oc1ccc(Br)c2c(Cl)nccc12. The van der Waals surface area contributed by atoms with Crippen LogP contribution in [0, 0.1) is 0 Å². The molecular formula is C9H5BrClNO. The Bertz CT molecular complexity index is 464. The zero-order valence-electron chi connectivity index (χ0n) is 6.46. The molecule has 4 heteroatoms. The Balaban J connectivity index is 3.00. The number of aromatic nitrogens is 1. The Morgan fingerprint density at radius 2 is 2.08 bits per heavy atom. The number of aromatic hydroxyl groups is 1. The number of phenols is 1. The smallest absolute Gasteiger partial charge is 0.138 e. The highest BCUT2D eigenvalue weighted by atomic mass is 79.9. The summed E-state index contributed by atoms with van der Waals surface area (Å²) in [5.74, 6) is 0.211. The molecule has 0 saturated heterocycles. The van der Waals surface area contributed by atoms with Crippen molar-refractivity contribution in [3.63, 3.8) is 0 Å². The molecule has 0 aliphatic rings. The summed E-state index contributed by atoms with van der Waals surface area (Å²) < 4.78 is 0.832. The third-order valence-electron chi connectivity index (χ3n) is 1.81. The fourth-order valence-electron chi connectivity index (χ4n) is 1.20. The molecule has 0 spiro atoms. The molecule has 1 N–H and O–H groups in total. The van der Waals surface area contributed by atoms with Crippen LogP contribution >= 0.6 is 27.5 Å². The van der Waals surface area contributed by atoms with Crippen LogP contribution in [0.3, 0.4) is 0 Å². The summed E-state index contributed by atoms with van der Waals surface area (Å²) in [6, 6.07) is 5.08. The Hall–Kier alpha value is -0.800. The monoisotopic (exact) mass is 257 g/mol. The fraction of sp³-hybridized carbons (Fsp3) is 0. The van der Waals surface area contributed by atoms with Crippen LogP contribution in [0.15, 0.2) is 28.9 Å². The van der Waals surface area contributed by atoms with Crippen molar-refractivity contribution in [2.45, 2.75) is 0 Å². The molecule has 0 saturated carbocycles. The first-order valence-corrected chi connectivity index (χ1v) is 4.79. The Morgan fingerprint density at radius 3 is 2.77 bits per heavy atom. The summed E-state index contributed by atoms with van der Waals surface area (Å²) in [7, 11) is 0. The molecular weight excluding hydrogens is 253 g/mol. The minimum Gasteiger partial charge on any atom is -0.507 e. The normalized spacial score (nSPS) is 10.6. The number of pyridine rings is 1. The average Bonchev–Trinajstić information content (AvgIpc) is 2.12. The maximum atomic E-state index is 9.51. The standard InChI is InChI=1S/C9H5BrClNO/c10-6-1-2-7(13)5-3-4-12-9(11)8(5)6/h1-4,13H. The number of hydrogen-bond acceptors (Lipinski definition) is 2. The van der Waals surface area contributed by atoms with Crippen molar-refractivity contribution in [1.29, 1.82) is 0 Å². The van der Waals surface area contributed by atoms with Crippen LogP contribution in [0.4, 0.5) is 0 Å². The lowest BCUT2D eigenvalue weighted by atomic mass is 10.1. The van der Waals surface area contributed by atoms with Crippen molar-refractivity contribution in [1.82, 2.24) is 4.98 Å². The van der Waals surface area contributed by atoms with E-state index in [1.54, 1.807) is 24.4 Å². The van der Waals surface area contributed by atoms with Crippen molar-refractivity contribution >= 4 is 38.3 Å². The molecule has 0 radical (unpaired) electrons. The second kappa shape index (κ2) is 3.16. The van der Waals surface area contributed by atoms with Gasteiger partial charge in [0, 0.05) is 21.4 Å². The van der Waals surface area contributed by atoms with E-state index in [2.05, 4.69) is 20.9 Å². The van der Waals surface area contributed by atoms with E-state index >= 15 is 0 Å². The van der Waals surface area contributed by atoms with Crippen LogP contribution in [-0.4, -0.2) is 10.1 Å². The van der Waals surface area contributed by atoms with Gasteiger partial charge >= 0.3 is 0 Å². The van der Waals surface area contributed by atoms with E-state index in [9.17, 15) is 5.11 Å². The van der Waals surface area contributed by atoms with Gasteiger partial charge in [-0.05, 0) is 18.2 Å². The number of benzene rings is 1. The van der Waals surface area contributed by atoms with Gasteiger partial charge in [-0.3, -0.25) is 0 Å². The van der Waals surface area contributed by atoms with E-state index in [4.69, 9.17) is 11.6 Å². The third kappa shape index (κ3) is 1.38. The summed E-state index contributed by atoms with van der Waals surface area (Å²) in [5.41, 5.74) is 0. The van der Waals surface area contributed by atoms with E-state index < -0.39 is 0 Å². The maximum Gasteiger partial charge on any atom is 0.138 e. The van der Waals surface area contributed by atoms with Gasteiger partial charge in [0.25, 0.3) is 0 Å². The molecule has 1 heterocycles. The van der Waals surface area contributed by atoms with Crippen molar-refractivity contribution in [3.8, 4) is 5.75 Å². The predicted octanol–water partition coefficient (Wildman–Crippen LogP) is 3.36. The highest BCUT2D eigenvalue weighted by Gasteiger charge is 2.06. The van der Waals surface area contributed by atoms with Crippen LogP contribution in [0.5, 0.6) is 5.75 Å². The first kappa shape index (κ1) is 8.78. The summed E-state index contributed by atoms with van der Waals surface area (Å²) in [5, 5.41) is 11.3. The fourth-order valence-corrected chi connectivity index (χ4v) is 2.11. The molecule has 1 aromatic heterocycles. The highest BCUT2D eigenvalue weighted by molar-refractivity contribution is 9.10.